The van der Waals surface area contributed by atoms with E-state index in [1.807, 2.05) is 0 Å². The molecule has 1 aromatic carbocycles. The molecule has 125 heavy (non-hydrogen) atoms. The molecule has 0 bridgehead atoms. The van der Waals surface area contributed by atoms with Crippen molar-refractivity contribution in [3.8, 4) is 0 Å². The molecule has 0 radical (unpaired) electrons. The smallest absolute Gasteiger partial charge is 0.262 e. The number of aromatic nitrogens is 9. The Labute approximate surface area is 737 Å². The SMILES string of the molecule is Cc1nc2c(c(CNC(=O)C3CCC(C(=O)NCCOCCOCCCCCCCl)CC3)cn2[C@H]2CC(O)[C@@H](CO)O2)c(=O)[nH]1.Nc1nc2c(c(C(=O)NCCOCCOCCCCCCCl)cn2[C@H]2CC(O)[C@@H](CO)O2)c(=O)[nH]1.Nc1nc2c(c(CNC(=O)c3ccc(C(=O)NCCOCCOCCCCCCCl)cc3)cn2[C@H]2CC(O)[C@@H](CO)O2)c(=O)[nH]1. The number of H-pyrrole nitrogens is 3. The van der Waals surface area contributed by atoms with Crippen molar-refractivity contribution in [1.82, 2.24) is 70.2 Å². The predicted octanol–water partition coefficient (Wildman–Crippen LogP) is 3.99. The fourth-order valence-corrected chi connectivity index (χ4v) is 15.6. The van der Waals surface area contributed by atoms with Gasteiger partial charge in [0.1, 0.15) is 48.5 Å². The Morgan fingerprint density at radius 1 is 0.432 bits per heavy atom. The molecule has 4 fully saturated rings. The second kappa shape index (κ2) is 53.5. The lowest BCUT2D eigenvalue weighted by atomic mass is 9.81. The maximum Gasteiger partial charge on any atom is 0.262 e. The first-order chi connectivity index (χ1) is 60.6. The Morgan fingerprint density at radius 2 is 0.768 bits per heavy atom. The zero-order valence-electron chi connectivity index (χ0n) is 70.7. The van der Waals surface area contributed by atoms with Crippen LogP contribution in [-0.4, -0.2) is 277 Å². The van der Waals surface area contributed by atoms with E-state index in [9.17, 15) is 69.0 Å². The number of hydrogen-bond acceptors (Lipinski definition) is 28. The summed E-state index contributed by atoms with van der Waals surface area (Å²) < 4.78 is 55.1. The van der Waals surface area contributed by atoms with Crippen LogP contribution < -0.4 is 54.7 Å². The molecule has 3 aliphatic heterocycles. The van der Waals surface area contributed by atoms with E-state index in [1.54, 1.807) is 40.6 Å². The summed E-state index contributed by atoms with van der Waals surface area (Å²) in [5, 5.41) is 73.6. The number of carbonyl (C=O) groups excluding carboxylic acids is 5. The Hall–Kier alpha value is -8.30. The summed E-state index contributed by atoms with van der Waals surface area (Å²) in [5.74, 6) is 0.644. The van der Waals surface area contributed by atoms with Crippen LogP contribution in [0, 0.1) is 18.8 Å². The molecule has 42 heteroatoms. The van der Waals surface area contributed by atoms with Crippen molar-refractivity contribution in [2.45, 2.75) is 197 Å². The summed E-state index contributed by atoms with van der Waals surface area (Å²) >= 11 is 17.0. The lowest BCUT2D eigenvalue weighted by molar-refractivity contribution is -0.130. The van der Waals surface area contributed by atoms with Gasteiger partial charge in [-0.3, -0.25) is 48.3 Å². The standard InChI is InChI=1S/C31H48ClN5O8.C30H41ClN6O8.C22H34ClN5O7/c1-20-35-28-27(31(42)36-20)23(18-37(28)26-16-24(39)25(19-38)45-26)17-34-30(41)22-8-6-21(7-9-22)29(40)33-11-13-44-15-14-43-12-5-3-2-4-10-32;31-9-3-1-2-4-11-43-13-14-44-12-10-33-27(40)19-5-7-20(8-6-19)28(41)34-16-21-17-37(24-15-22(39)23(18-38)45-24)26-25(21)29(42)36-30(32)35-26;23-5-3-1-2-4-7-33-9-10-34-8-6-25-20(31)14-12-28(17-11-15(30)16(13-29)35-17)19-18(14)21(32)27-22(24)26-19/h18,21-22,24-26,38-39H,2-17,19H2,1H3,(H,33,40)(H,34,41)(H,35,36,42);5-8,17,22-24,38-39H,1-4,9-16,18H2,(H,33,40)(H,34,41)(H3,32,35,36,42);12,15-17,29-30H,1-11,13H2,(H,25,31)(H3,24,26,27,32)/t21?,22?,24?,25-,26-;22?,23-,24-;15?,16-,17-/m111/s1. The second-order valence-electron chi connectivity index (χ2n) is 30.9. The highest BCUT2D eigenvalue weighted by Gasteiger charge is 2.40. The number of benzene rings is 1. The number of alkyl halides is 3. The molecule has 11 rings (SSSR count). The van der Waals surface area contributed by atoms with E-state index in [0.717, 1.165) is 83.7 Å². The van der Waals surface area contributed by atoms with Gasteiger partial charge in [0.2, 0.25) is 23.7 Å². The number of carbonyl (C=O) groups is 5. The molecular weight excluding hydrogens is 1700 g/mol. The van der Waals surface area contributed by atoms with E-state index in [4.69, 9.17) is 88.9 Å². The van der Waals surface area contributed by atoms with Gasteiger partial charge >= 0.3 is 0 Å². The van der Waals surface area contributed by atoms with Gasteiger partial charge < -0.3 is 130 Å². The Balaban J connectivity index is 0.000000214. The van der Waals surface area contributed by atoms with Crippen LogP contribution in [0.3, 0.4) is 0 Å². The van der Waals surface area contributed by atoms with Crippen LogP contribution in [0.4, 0.5) is 11.9 Å². The van der Waals surface area contributed by atoms with Crippen molar-refractivity contribution in [1.29, 1.82) is 0 Å². The Kier molecular flexibility index (Phi) is 43.0. The lowest BCUT2D eigenvalue weighted by Gasteiger charge is -2.27. The number of aromatic amines is 3. The molecule has 39 nitrogen and oxygen atoms in total. The summed E-state index contributed by atoms with van der Waals surface area (Å²) in [4.78, 5) is 123. The molecule has 1 aliphatic carbocycles. The number of fused-ring (bicyclic) bond motifs is 3. The van der Waals surface area contributed by atoms with Crippen molar-refractivity contribution in [3.05, 3.63) is 108 Å². The topological polar surface area (TPSA) is 554 Å². The number of nitrogen functional groups attached to an aromatic ring is 2. The second-order valence-corrected chi connectivity index (χ2v) is 32.0. The van der Waals surface area contributed by atoms with Crippen molar-refractivity contribution in [3.63, 3.8) is 0 Å². The molecule has 9 heterocycles. The zero-order chi connectivity index (χ0) is 89.6. The quantitative estimate of drug-likeness (QED) is 0.0189. The predicted molar refractivity (Wildman–Crippen MR) is 465 cm³/mol. The van der Waals surface area contributed by atoms with E-state index < -0.39 is 78.2 Å². The highest BCUT2D eigenvalue weighted by molar-refractivity contribution is 6.18. The number of amides is 5. The van der Waals surface area contributed by atoms with Gasteiger partial charge in [0.15, 0.2) is 11.3 Å². The average molecular weight is 1820 g/mol. The van der Waals surface area contributed by atoms with Crippen LogP contribution in [0.2, 0.25) is 0 Å². The van der Waals surface area contributed by atoms with Gasteiger partial charge in [0.05, 0.1) is 119 Å². The number of rotatable bonds is 51. The van der Waals surface area contributed by atoms with Crippen molar-refractivity contribution in [2.24, 2.45) is 11.8 Å². The molecule has 0 spiro atoms. The zero-order valence-corrected chi connectivity index (χ0v) is 73.0. The fraction of sp³-hybridized carbons (Fsp3) is 0.651. The van der Waals surface area contributed by atoms with Gasteiger partial charge in [-0.1, -0.05) is 38.5 Å². The van der Waals surface area contributed by atoms with E-state index >= 15 is 0 Å². The number of anilines is 2. The third kappa shape index (κ3) is 30.4. The van der Waals surface area contributed by atoms with Crippen LogP contribution in [0.5, 0.6) is 0 Å². The molecule has 9 atom stereocenters. The van der Waals surface area contributed by atoms with Gasteiger partial charge in [0.25, 0.3) is 34.4 Å². The van der Waals surface area contributed by atoms with Gasteiger partial charge in [-0.2, -0.15) is 9.97 Å². The summed E-state index contributed by atoms with van der Waals surface area (Å²) in [5.41, 5.74) is 12.7. The van der Waals surface area contributed by atoms with E-state index in [1.165, 1.54) is 22.9 Å². The number of aliphatic hydroxyl groups is 6. The monoisotopic (exact) mass is 1820 g/mol. The lowest BCUT2D eigenvalue weighted by Crippen LogP contribution is -2.38. The number of aliphatic hydroxyl groups excluding tert-OH is 6. The van der Waals surface area contributed by atoms with Crippen LogP contribution in [0.25, 0.3) is 33.1 Å². The van der Waals surface area contributed by atoms with E-state index in [2.05, 4.69) is 56.5 Å². The summed E-state index contributed by atoms with van der Waals surface area (Å²) in [6.07, 6.45) is 13.7. The highest BCUT2D eigenvalue weighted by Crippen LogP contribution is 2.36. The van der Waals surface area contributed by atoms with Crippen LogP contribution >= 0.6 is 34.8 Å². The molecule has 4 aliphatic rings. The van der Waals surface area contributed by atoms with Gasteiger partial charge in [-0.15, -0.1) is 34.8 Å². The van der Waals surface area contributed by atoms with Crippen LogP contribution in [0.1, 0.15) is 189 Å². The Bertz CT molecular complexity index is 4680. The number of unbranched alkanes of at least 4 members (excludes halogenated alkanes) is 9. The summed E-state index contributed by atoms with van der Waals surface area (Å²) in [7, 11) is 0. The summed E-state index contributed by atoms with van der Waals surface area (Å²) in [6.45, 7) is 7.74. The molecule has 7 aromatic rings. The summed E-state index contributed by atoms with van der Waals surface area (Å²) in [6, 6.07) is 6.18. The van der Waals surface area contributed by atoms with Crippen molar-refractivity contribution < 1.29 is 97.2 Å². The number of hydrogen-bond donors (Lipinski definition) is 16. The first-order valence-corrected chi connectivity index (χ1v) is 44.6. The first-order valence-electron chi connectivity index (χ1n) is 43.0. The molecule has 694 valence electrons. The minimum atomic E-state index is -0.893. The minimum Gasteiger partial charge on any atom is -0.394 e. The molecule has 18 N–H and O–H groups in total. The average Bonchev–Trinajstić information content (AvgIpc) is 1.62. The molecule has 3 saturated heterocycles. The van der Waals surface area contributed by atoms with Gasteiger partial charge in [-0.25, -0.2) is 4.98 Å². The normalized spacial score (nSPS) is 20.5. The van der Waals surface area contributed by atoms with E-state index in [0.29, 0.717) is 162 Å². The molecule has 3 unspecified atom stereocenters. The van der Waals surface area contributed by atoms with Crippen LogP contribution in [0.15, 0.2) is 57.2 Å². The highest BCUT2D eigenvalue weighted by atomic mass is 35.5. The number of ether oxygens (including phenoxy) is 9. The minimum absolute atomic E-state index is 0.0110. The number of aryl methyl sites for hydroxylation is 1. The molecule has 1 saturated carbocycles. The number of nitrogens with two attached hydrogens (primary N) is 2. The van der Waals surface area contributed by atoms with Crippen molar-refractivity contribution >= 4 is 109 Å². The third-order valence-corrected chi connectivity index (χ3v) is 22.5. The molecule has 6 aromatic heterocycles. The van der Waals surface area contributed by atoms with Crippen LogP contribution in [-0.2, 0) is 65.3 Å². The molecular formula is C83H123Cl3N16O23. The first kappa shape index (κ1) is 100. The van der Waals surface area contributed by atoms with Crippen molar-refractivity contribution in [2.75, 3.05) is 148 Å². The number of halogens is 3. The maximum absolute atomic E-state index is 13.1. The number of nitrogens with one attached hydrogen (secondary N) is 8. The maximum atomic E-state index is 13.1. The largest absolute Gasteiger partial charge is 0.394 e. The molecule has 5 amide bonds. The number of nitrogens with zero attached hydrogens (tertiary/aromatic N) is 6. The fourth-order valence-electron chi connectivity index (χ4n) is 15.0. The van der Waals surface area contributed by atoms with E-state index in [-0.39, 0.29) is 140 Å². The Morgan fingerprint density at radius 3 is 1.18 bits per heavy atom. The van der Waals surface area contributed by atoms with Gasteiger partial charge in [0, 0.05) is 142 Å². The third-order valence-electron chi connectivity index (χ3n) is 21.7. The van der Waals surface area contributed by atoms with Gasteiger partial charge in [-0.05, 0) is 95.4 Å².